The summed E-state index contributed by atoms with van der Waals surface area (Å²) >= 11 is 0. The maximum Gasteiger partial charge on any atom is 0.243 e. The van der Waals surface area contributed by atoms with Crippen LogP contribution in [0.4, 0.5) is 0 Å². The van der Waals surface area contributed by atoms with E-state index in [0.29, 0.717) is 23.9 Å². The van der Waals surface area contributed by atoms with Crippen LogP contribution in [0.3, 0.4) is 0 Å². The highest BCUT2D eigenvalue weighted by Crippen LogP contribution is 2.48. The van der Waals surface area contributed by atoms with Gasteiger partial charge in [-0.05, 0) is 59.3 Å². The van der Waals surface area contributed by atoms with E-state index < -0.39 is 10.0 Å². The monoisotopic (exact) mass is 464 g/mol. The second kappa shape index (κ2) is 8.10. The van der Waals surface area contributed by atoms with Crippen LogP contribution < -0.4 is 0 Å². The molecule has 1 saturated heterocycles. The number of nitrogens with zero attached hydrogens (tertiary/aromatic N) is 2. The van der Waals surface area contributed by atoms with Crippen LogP contribution in [0.25, 0.3) is 0 Å². The van der Waals surface area contributed by atoms with Crippen molar-refractivity contribution in [3.05, 3.63) is 83.2 Å². The van der Waals surface area contributed by atoms with Crippen molar-refractivity contribution in [2.45, 2.75) is 56.8 Å². The Balaban J connectivity index is 1.48. The van der Waals surface area contributed by atoms with Crippen LogP contribution in [0.1, 0.15) is 49.6 Å². The Kier molecular flexibility index (Phi) is 5.49. The summed E-state index contributed by atoms with van der Waals surface area (Å²) in [5.74, 6) is 1.34. The summed E-state index contributed by atoms with van der Waals surface area (Å²) in [6.45, 7) is 7.46. The average molecular weight is 465 g/mol. The second-order valence-corrected chi connectivity index (χ2v) is 12.7. The van der Waals surface area contributed by atoms with Crippen LogP contribution in [0.2, 0.25) is 0 Å². The van der Waals surface area contributed by atoms with Crippen molar-refractivity contribution in [1.29, 1.82) is 0 Å². The number of sulfonamides is 1. The summed E-state index contributed by atoms with van der Waals surface area (Å²) in [5.41, 5.74) is 3.31. The van der Waals surface area contributed by atoms with E-state index >= 15 is 0 Å². The molecule has 2 heterocycles. The standard InChI is InChI=1S/C27H32N2O3S/c1-26(2,3)22-9-11-24(12-10-22)33(30,31)29-14-13-23-15-25-21(18-28-32-25)17-27(23,19-29)16-20-7-5-4-6-8-20/h4-12,18,23H,13-17,19H2,1-3H3/t23-,27+/m0/s1. The molecule has 1 fully saturated rings. The summed E-state index contributed by atoms with van der Waals surface area (Å²) in [6.07, 6.45) is 5.11. The van der Waals surface area contributed by atoms with Gasteiger partial charge in [-0.2, -0.15) is 4.31 Å². The summed E-state index contributed by atoms with van der Waals surface area (Å²) in [6, 6.07) is 17.9. The van der Waals surface area contributed by atoms with Crippen molar-refractivity contribution in [3.8, 4) is 0 Å². The van der Waals surface area contributed by atoms with Crippen LogP contribution in [-0.4, -0.2) is 31.0 Å². The Labute approximate surface area is 196 Å². The molecular weight excluding hydrogens is 432 g/mol. The first-order chi connectivity index (χ1) is 15.7. The molecule has 33 heavy (non-hydrogen) atoms. The van der Waals surface area contributed by atoms with Crippen molar-refractivity contribution in [2.24, 2.45) is 11.3 Å². The molecule has 3 aromatic rings. The molecule has 0 spiro atoms. The van der Waals surface area contributed by atoms with E-state index in [1.165, 1.54) is 5.56 Å². The van der Waals surface area contributed by atoms with Gasteiger partial charge in [-0.1, -0.05) is 68.4 Å². The van der Waals surface area contributed by atoms with Gasteiger partial charge in [-0.3, -0.25) is 0 Å². The largest absolute Gasteiger partial charge is 0.361 e. The Hall–Kier alpha value is -2.44. The topological polar surface area (TPSA) is 63.4 Å². The summed E-state index contributed by atoms with van der Waals surface area (Å²) < 4.78 is 34.7. The van der Waals surface area contributed by atoms with E-state index in [0.717, 1.165) is 42.6 Å². The summed E-state index contributed by atoms with van der Waals surface area (Å²) in [5, 5.41) is 4.04. The molecule has 2 atom stereocenters. The number of fused-ring (bicyclic) bond motifs is 2. The van der Waals surface area contributed by atoms with Crippen LogP contribution in [0.5, 0.6) is 0 Å². The molecule has 2 aliphatic rings. The maximum absolute atomic E-state index is 13.7. The molecule has 0 amide bonds. The maximum atomic E-state index is 13.7. The number of aromatic nitrogens is 1. The van der Waals surface area contributed by atoms with E-state index in [1.54, 1.807) is 16.4 Å². The molecule has 5 rings (SSSR count). The molecule has 174 valence electrons. The highest BCUT2D eigenvalue weighted by Gasteiger charge is 2.49. The predicted molar refractivity (Wildman–Crippen MR) is 128 cm³/mol. The lowest BCUT2D eigenvalue weighted by molar-refractivity contribution is 0.0509. The third-order valence-electron chi connectivity index (χ3n) is 7.55. The van der Waals surface area contributed by atoms with E-state index in [1.807, 2.05) is 24.4 Å². The lowest BCUT2D eigenvalue weighted by Gasteiger charge is -2.50. The normalized spacial score (nSPS) is 23.7. The number of rotatable bonds is 4. The molecular formula is C27H32N2O3S. The fourth-order valence-corrected chi connectivity index (χ4v) is 7.18. The minimum atomic E-state index is -3.57. The van der Waals surface area contributed by atoms with E-state index in [4.69, 9.17) is 4.52 Å². The van der Waals surface area contributed by atoms with Crippen molar-refractivity contribution >= 4 is 10.0 Å². The highest BCUT2D eigenvalue weighted by atomic mass is 32.2. The Morgan fingerprint density at radius 3 is 2.52 bits per heavy atom. The van der Waals surface area contributed by atoms with Crippen molar-refractivity contribution in [2.75, 3.05) is 13.1 Å². The van der Waals surface area contributed by atoms with Gasteiger partial charge in [0.05, 0.1) is 11.1 Å². The lowest BCUT2D eigenvalue weighted by Crippen LogP contribution is -2.54. The Morgan fingerprint density at radius 1 is 1.09 bits per heavy atom. The van der Waals surface area contributed by atoms with Crippen molar-refractivity contribution in [3.63, 3.8) is 0 Å². The molecule has 0 unspecified atom stereocenters. The number of hydrogen-bond acceptors (Lipinski definition) is 4. The molecule has 0 N–H and O–H groups in total. The van der Waals surface area contributed by atoms with Gasteiger partial charge in [-0.15, -0.1) is 0 Å². The minimum absolute atomic E-state index is 0.0151. The third kappa shape index (κ3) is 4.15. The first-order valence-electron chi connectivity index (χ1n) is 11.7. The third-order valence-corrected chi connectivity index (χ3v) is 9.40. The lowest BCUT2D eigenvalue weighted by atomic mass is 9.60. The zero-order valence-corrected chi connectivity index (χ0v) is 20.4. The molecule has 0 saturated carbocycles. The predicted octanol–water partition coefficient (Wildman–Crippen LogP) is 5.01. The smallest absolute Gasteiger partial charge is 0.243 e. The van der Waals surface area contributed by atoms with Gasteiger partial charge < -0.3 is 4.52 Å². The molecule has 0 radical (unpaired) electrons. The van der Waals surface area contributed by atoms with Gasteiger partial charge in [0.1, 0.15) is 5.76 Å². The summed E-state index contributed by atoms with van der Waals surface area (Å²) in [4.78, 5) is 0.380. The fraction of sp³-hybridized carbons (Fsp3) is 0.444. The first kappa shape index (κ1) is 22.4. The van der Waals surface area contributed by atoms with E-state index in [9.17, 15) is 8.42 Å². The molecule has 5 nitrogen and oxygen atoms in total. The van der Waals surface area contributed by atoms with Gasteiger partial charge in [0, 0.05) is 25.1 Å². The average Bonchev–Trinajstić information content (AvgIpc) is 3.23. The molecule has 1 aliphatic carbocycles. The summed E-state index contributed by atoms with van der Waals surface area (Å²) in [7, 11) is -3.57. The van der Waals surface area contributed by atoms with E-state index in [2.05, 4.69) is 50.2 Å². The van der Waals surface area contributed by atoms with Gasteiger partial charge in [0.2, 0.25) is 10.0 Å². The number of benzene rings is 2. The molecule has 0 bridgehead atoms. The van der Waals surface area contributed by atoms with Crippen LogP contribution in [0.15, 0.2) is 70.2 Å². The fourth-order valence-electron chi connectivity index (χ4n) is 5.63. The van der Waals surface area contributed by atoms with Gasteiger partial charge in [-0.25, -0.2) is 8.42 Å². The van der Waals surface area contributed by atoms with Crippen LogP contribution in [0, 0.1) is 11.3 Å². The first-order valence-corrected chi connectivity index (χ1v) is 13.2. The van der Waals surface area contributed by atoms with Gasteiger partial charge in [0.25, 0.3) is 0 Å². The Morgan fingerprint density at radius 2 is 1.82 bits per heavy atom. The minimum Gasteiger partial charge on any atom is -0.361 e. The highest BCUT2D eigenvalue weighted by molar-refractivity contribution is 7.89. The SMILES string of the molecule is CC(C)(C)c1ccc(S(=O)(=O)N2CC[C@H]3Cc4oncc4C[C@]3(Cc3ccccc3)C2)cc1. The quantitative estimate of drug-likeness (QED) is 0.544. The molecule has 2 aromatic carbocycles. The van der Waals surface area contributed by atoms with Crippen molar-refractivity contribution < 1.29 is 12.9 Å². The van der Waals surface area contributed by atoms with E-state index in [-0.39, 0.29) is 10.8 Å². The second-order valence-electron chi connectivity index (χ2n) is 10.8. The molecule has 1 aromatic heterocycles. The Bertz CT molecular complexity index is 1230. The zero-order chi connectivity index (χ0) is 23.3. The van der Waals surface area contributed by atoms with Crippen LogP contribution in [-0.2, 0) is 34.7 Å². The van der Waals surface area contributed by atoms with Gasteiger partial charge >= 0.3 is 0 Å². The molecule has 1 aliphatic heterocycles. The van der Waals surface area contributed by atoms with Crippen LogP contribution >= 0.6 is 0 Å². The number of piperidine rings is 1. The zero-order valence-electron chi connectivity index (χ0n) is 19.6. The van der Waals surface area contributed by atoms with Gasteiger partial charge in [0.15, 0.2) is 0 Å². The van der Waals surface area contributed by atoms with Crippen molar-refractivity contribution in [1.82, 2.24) is 9.46 Å². The number of hydrogen-bond donors (Lipinski definition) is 0. The molecule has 6 heteroatoms.